The maximum Gasteiger partial charge on any atom is 0.123 e. The van der Waals surface area contributed by atoms with Crippen LogP contribution in [0.3, 0.4) is 0 Å². The highest BCUT2D eigenvalue weighted by Crippen LogP contribution is 2.18. The molecule has 16 heavy (non-hydrogen) atoms. The number of para-hydroxylation sites is 1. The lowest BCUT2D eigenvalue weighted by Crippen LogP contribution is -2.29. The molecule has 0 radical (unpaired) electrons. The van der Waals surface area contributed by atoms with Crippen molar-refractivity contribution in [2.24, 2.45) is 0 Å². The van der Waals surface area contributed by atoms with E-state index in [9.17, 15) is 0 Å². The smallest absolute Gasteiger partial charge is 0.123 e. The van der Waals surface area contributed by atoms with Gasteiger partial charge in [0.25, 0.3) is 0 Å². The first-order valence-electron chi connectivity index (χ1n) is 5.37. The molecule has 1 rings (SSSR count). The molecule has 0 amide bonds. The average molecular weight is 225 g/mol. The van der Waals surface area contributed by atoms with E-state index in [1.165, 1.54) is 0 Å². The third kappa shape index (κ3) is 3.81. The van der Waals surface area contributed by atoms with Crippen molar-refractivity contribution in [3.05, 3.63) is 29.8 Å². The lowest BCUT2D eigenvalue weighted by atomic mass is 10.2. The number of hydrogen-bond donors (Lipinski definition) is 2. The molecule has 4 heteroatoms. The van der Waals surface area contributed by atoms with Crippen LogP contribution in [-0.2, 0) is 6.54 Å². The standard InChI is InChI=1S/C12H19NO3/c1-16-12-5-3-2-4-11(12)10-13(6-8-14)7-9-15/h2-5,14-15H,6-10H2,1H3. The Kier molecular flexibility index (Phi) is 5.85. The predicted octanol–water partition coefficient (Wildman–Crippen LogP) is 0.482. The second kappa shape index (κ2) is 7.22. The highest BCUT2D eigenvalue weighted by molar-refractivity contribution is 5.33. The summed E-state index contributed by atoms with van der Waals surface area (Å²) in [5.74, 6) is 0.836. The van der Waals surface area contributed by atoms with Crippen LogP contribution >= 0.6 is 0 Å². The van der Waals surface area contributed by atoms with Gasteiger partial charge in [0.1, 0.15) is 5.75 Å². The molecule has 0 aromatic heterocycles. The van der Waals surface area contributed by atoms with E-state index in [4.69, 9.17) is 14.9 Å². The molecule has 0 spiro atoms. The summed E-state index contributed by atoms with van der Waals surface area (Å²) in [6, 6.07) is 7.77. The van der Waals surface area contributed by atoms with Crippen molar-refractivity contribution in [2.45, 2.75) is 6.54 Å². The van der Waals surface area contributed by atoms with Gasteiger partial charge in [-0.05, 0) is 6.07 Å². The summed E-state index contributed by atoms with van der Waals surface area (Å²) in [6.45, 7) is 1.96. The Morgan fingerprint density at radius 3 is 2.31 bits per heavy atom. The molecular formula is C12H19NO3. The van der Waals surface area contributed by atoms with Crippen LogP contribution in [0.2, 0.25) is 0 Å². The maximum absolute atomic E-state index is 8.91. The molecule has 1 aromatic carbocycles. The highest BCUT2D eigenvalue weighted by atomic mass is 16.5. The van der Waals surface area contributed by atoms with Crippen LogP contribution in [0.5, 0.6) is 5.75 Å². The Morgan fingerprint density at radius 2 is 1.75 bits per heavy atom. The number of benzene rings is 1. The largest absolute Gasteiger partial charge is 0.496 e. The van der Waals surface area contributed by atoms with Gasteiger partial charge in [-0.25, -0.2) is 0 Å². The van der Waals surface area contributed by atoms with E-state index >= 15 is 0 Å². The van der Waals surface area contributed by atoms with Crippen LogP contribution in [0.4, 0.5) is 0 Å². The average Bonchev–Trinajstić information content (AvgIpc) is 2.30. The maximum atomic E-state index is 8.91. The summed E-state index contributed by atoms with van der Waals surface area (Å²) in [5.41, 5.74) is 1.06. The van der Waals surface area contributed by atoms with Crippen LogP contribution in [0.15, 0.2) is 24.3 Å². The van der Waals surface area contributed by atoms with E-state index in [0.717, 1.165) is 11.3 Å². The van der Waals surface area contributed by atoms with Gasteiger partial charge in [0.05, 0.1) is 20.3 Å². The molecule has 0 aliphatic carbocycles. The second-order valence-electron chi connectivity index (χ2n) is 3.54. The Labute approximate surface area is 96.1 Å². The van der Waals surface area contributed by atoms with Crippen molar-refractivity contribution in [3.8, 4) is 5.75 Å². The Balaban J connectivity index is 2.67. The molecule has 90 valence electrons. The first kappa shape index (κ1) is 13.0. The van der Waals surface area contributed by atoms with Gasteiger partial charge in [-0.15, -0.1) is 0 Å². The molecule has 0 heterocycles. The van der Waals surface area contributed by atoms with Gasteiger partial charge in [0.15, 0.2) is 0 Å². The van der Waals surface area contributed by atoms with Gasteiger partial charge in [-0.2, -0.15) is 0 Å². The van der Waals surface area contributed by atoms with Crippen molar-refractivity contribution in [1.29, 1.82) is 0 Å². The molecular weight excluding hydrogens is 206 g/mol. The van der Waals surface area contributed by atoms with Gasteiger partial charge < -0.3 is 14.9 Å². The summed E-state index contributed by atoms with van der Waals surface area (Å²) < 4.78 is 5.25. The van der Waals surface area contributed by atoms with Gasteiger partial charge >= 0.3 is 0 Å². The van der Waals surface area contributed by atoms with Crippen LogP contribution in [0, 0.1) is 0 Å². The number of aliphatic hydroxyl groups is 2. The lowest BCUT2D eigenvalue weighted by molar-refractivity contribution is 0.155. The SMILES string of the molecule is COc1ccccc1CN(CCO)CCO. The van der Waals surface area contributed by atoms with E-state index in [1.807, 2.05) is 29.2 Å². The Morgan fingerprint density at radius 1 is 1.12 bits per heavy atom. The molecule has 0 unspecified atom stereocenters. The van der Waals surface area contributed by atoms with Crippen molar-refractivity contribution in [2.75, 3.05) is 33.4 Å². The van der Waals surface area contributed by atoms with E-state index in [2.05, 4.69) is 0 Å². The number of aliphatic hydroxyl groups excluding tert-OH is 2. The van der Waals surface area contributed by atoms with Crippen LogP contribution in [-0.4, -0.2) is 48.5 Å². The molecule has 0 saturated heterocycles. The van der Waals surface area contributed by atoms with Crippen LogP contribution in [0.25, 0.3) is 0 Å². The Hall–Kier alpha value is -1.10. The zero-order chi connectivity index (χ0) is 11.8. The van der Waals surface area contributed by atoms with Gasteiger partial charge in [-0.3, -0.25) is 4.90 Å². The summed E-state index contributed by atoms with van der Waals surface area (Å²) in [4.78, 5) is 1.98. The fourth-order valence-electron chi connectivity index (χ4n) is 1.63. The molecule has 0 saturated carbocycles. The molecule has 0 atom stereocenters. The molecule has 0 aliphatic heterocycles. The number of rotatable bonds is 7. The normalized spacial score (nSPS) is 10.8. The van der Waals surface area contributed by atoms with Gasteiger partial charge in [0.2, 0.25) is 0 Å². The molecule has 0 bridgehead atoms. The minimum Gasteiger partial charge on any atom is -0.496 e. The summed E-state index contributed by atoms with van der Waals surface area (Å²) in [5, 5.41) is 17.8. The topological polar surface area (TPSA) is 52.9 Å². The number of hydrogen-bond acceptors (Lipinski definition) is 4. The van der Waals surface area contributed by atoms with E-state index in [-0.39, 0.29) is 13.2 Å². The van der Waals surface area contributed by atoms with Gasteiger partial charge in [-0.1, -0.05) is 18.2 Å². The summed E-state index contributed by atoms with van der Waals surface area (Å²) >= 11 is 0. The summed E-state index contributed by atoms with van der Waals surface area (Å²) in [7, 11) is 1.64. The third-order valence-electron chi connectivity index (χ3n) is 2.42. The number of ether oxygens (including phenoxy) is 1. The number of nitrogens with zero attached hydrogens (tertiary/aromatic N) is 1. The first-order chi connectivity index (χ1) is 7.81. The van der Waals surface area contributed by atoms with Crippen LogP contribution < -0.4 is 4.74 Å². The van der Waals surface area contributed by atoms with Gasteiger partial charge in [0, 0.05) is 25.2 Å². The van der Waals surface area contributed by atoms with E-state index < -0.39 is 0 Å². The molecule has 4 nitrogen and oxygen atoms in total. The fourth-order valence-corrected chi connectivity index (χ4v) is 1.63. The van der Waals surface area contributed by atoms with Crippen molar-refractivity contribution in [3.63, 3.8) is 0 Å². The predicted molar refractivity (Wildman–Crippen MR) is 62.4 cm³/mol. The molecule has 1 aromatic rings. The fraction of sp³-hybridized carbons (Fsp3) is 0.500. The monoisotopic (exact) mass is 225 g/mol. The van der Waals surface area contributed by atoms with Crippen molar-refractivity contribution >= 4 is 0 Å². The minimum atomic E-state index is 0.0924. The first-order valence-corrected chi connectivity index (χ1v) is 5.37. The second-order valence-corrected chi connectivity index (χ2v) is 3.54. The van der Waals surface area contributed by atoms with Crippen molar-refractivity contribution in [1.82, 2.24) is 4.90 Å². The van der Waals surface area contributed by atoms with E-state index in [1.54, 1.807) is 7.11 Å². The lowest BCUT2D eigenvalue weighted by Gasteiger charge is -2.21. The van der Waals surface area contributed by atoms with Crippen molar-refractivity contribution < 1.29 is 14.9 Å². The number of methoxy groups -OCH3 is 1. The molecule has 0 fully saturated rings. The Bertz CT molecular complexity index is 298. The minimum absolute atomic E-state index is 0.0924. The third-order valence-corrected chi connectivity index (χ3v) is 2.42. The van der Waals surface area contributed by atoms with Crippen LogP contribution in [0.1, 0.15) is 5.56 Å². The van der Waals surface area contributed by atoms with E-state index in [0.29, 0.717) is 19.6 Å². The quantitative estimate of drug-likeness (QED) is 0.709. The summed E-state index contributed by atoms with van der Waals surface area (Å²) in [6.07, 6.45) is 0. The molecule has 0 aliphatic rings. The highest BCUT2D eigenvalue weighted by Gasteiger charge is 2.08. The zero-order valence-electron chi connectivity index (χ0n) is 9.59. The molecule has 2 N–H and O–H groups in total. The zero-order valence-corrected chi connectivity index (χ0v) is 9.59.